The summed E-state index contributed by atoms with van der Waals surface area (Å²) in [7, 11) is 0. The van der Waals surface area contributed by atoms with E-state index in [2.05, 4.69) is 0 Å². The molecular weight excluding hydrogens is 152 g/mol. The molecule has 2 heteroatoms. The van der Waals surface area contributed by atoms with E-state index in [-0.39, 0.29) is 6.10 Å². The van der Waals surface area contributed by atoms with Gasteiger partial charge in [-0.1, -0.05) is 24.3 Å². The van der Waals surface area contributed by atoms with Crippen molar-refractivity contribution in [3.63, 3.8) is 0 Å². The summed E-state index contributed by atoms with van der Waals surface area (Å²) in [5, 5.41) is 0. The summed E-state index contributed by atoms with van der Waals surface area (Å²) in [4.78, 5) is 10.4. The minimum absolute atomic E-state index is 0.236. The third kappa shape index (κ3) is 1.25. The Labute approximate surface area is 71.2 Å². The fourth-order valence-electron chi connectivity index (χ4n) is 1.46. The van der Waals surface area contributed by atoms with Gasteiger partial charge in [-0.3, -0.25) is 0 Å². The minimum Gasteiger partial charge on any atom is -0.366 e. The fourth-order valence-corrected chi connectivity index (χ4v) is 1.46. The number of benzene rings is 1. The van der Waals surface area contributed by atoms with Crippen LogP contribution in [0.25, 0.3) is 0 Å². The highest BCUT2D eigenvalue weighted by atomic mass is 16.5. The van der Waals surface area contributed by atoms with Crippen LogP contribution < -0.4 is 0 Å². The quantitative estimate of drug-likeness (QED) is 0.582. The molecule has 0 fully saturated rings. The zero-order valence-electron chi connectivity index (χ0n) is 6.69. The van der Waals surface area contributed by atoms with Gasteiger partial charge in [0.05, 0.1) is 6.61 Å². The van der Waals surface area contributed by atoms with E-state index >= 15 is 0 Å². The summed E-state index contributed by atoms with van der Waals surface area (Å²) in [6.45, 7) is 0.569. The summed E-state index contributed by atoms with van der Waals surface area (Å²) in [6.07, 6.45) is 1.36. The lowest BCUT2D eigenvalue weighted by Crippen LogP contribution is -2.23. The number of carbonyl (C=O) groups excluding carboxylic acids is 1. The van der Waals surface area contributed by atoms with Crippen LogP contribution in [-0.4, -0.2) is 12.4 Å². The van der Waals surface area contributed by atoms with E-state index in [1.165, 1.54) is 11.1 Å². The van der Waals surface area contributed by atoms with E-state index in [1.54, 1.807) is 0 Å². The topological polar surface area (TPSA) is 26.3 Å². The normalized spacial score (nSPS) is 21.5. The van der Waals surface area contributed by atoms with Crippen molar-refractivity contribution in [3.05, 3.63) is 35.4 Å². The maximum atomic E-state index is 10.4. The van der Waals surface area contributed by atoms with Gasteiger partial charge in [0.2, 0.25) is 0 Å². The molecule has 0 amide bonds. The molecule has 1 aromatic rings. The molecule has 0 spiro atoms. The number of hydrogen-bond acceptors (Lipinski definition) is 2. The molecule has 1 atom stereocenters. The molecule has 12 heavy (non-hydrogen) atoms. The van der Waals surface area contributed by atoms with Crippen molar-refractivity contribution in [1.29, 1.82) is 0 Å². The number of hydrogen-bond donors (Lipinski definition) is 0. The van der Waals surface area contributed by atoms with Gasteiger partial charge in [0.15, 0.2) is 0 Å². The van der Waals surface area contributed by atoms with Crippen molar-refractivity contribution in [2.75, 3.05) is 0 Å². The van der Waals surface area contributed by atoms with Gasteiger partial charge < -0.3 is 9.53 Å². The maximum Gasteiger partial charge on any atom is 0.149 e. The SMILES string of the molecule is O=C[C@@H]1Cc2ccccc2CO1. The second-order valence-corrected chi connectivity index (χ2v) is 2.96. The second-order valence-electron chi connectivity index (χ2n) is 2.96. The van der Waals surface area contributed by atoms with E-state index in [9.17, 15) is 4.79 Å². The van der Waals surface area contributed by atoms with Crippen LogP contribution in [0, 0.1) is 0 Å². The molecule has 1 heterocycles. The Morgan fingerprint density at radius 2 is 2.08 bits per heavy atom. The van der Waals surface area contributed by atoms with Crippen molar-refractivity contribution in [2.24, 2.45) is 0 Å². The smallest absolute Gasteiger partial charge is 0.149 e. The average molecular weight is 162 g/mol. The predicted molar refractivity (Wildman–Crippen MR) is 44.8 cm³/mol. The van der Waals surface area contributed by atoms with Gasteiger partial charge in [0.25, 0.3) is 0 Å². The highest BCUT2D eigenvalue weighted by Crippen LogP contribution is 2.18. The molecule has 0 saturated carbocycles. The van der Waals surface area contributed by atoms with E-state index in [1.807, 2.05) is 24.3 Å². The van der Waals surface area contributed by atoms with E-state index < -0.39 is 0 Å². The van der Waals surface area contributed by atoms with Crippen molar-refractivity contribution in [2.45, 2.75) is 19.1 Å². The van der Waals surface area contributed by atoms with E-state index in [0.717, 1.165) is 12.7 Å². The van der Waals surface area contributed by atoms with Crippen molar-refractivity contribution in [3.8, 4) is 0 Å². The monoisotopic (exact) mass is 162 g/mol. The third-order valence-electron chi connectivity index (χ3n) is 2.14. The van der Waals surface area contributed by atoms with Gasteiger partial charge in [0.1, 0.15) is 12.4 Å². The lowest BCUT2D eigenvalue weighted by Gasteiger charge is -2.20. The van der Waals surface area contributed by atoms with E-state index in [4.69, 9.17) is 4.74 Å². The van der Waals surface area contributed by atoms with Gasteiger partial charge in [-0.05, 0) is 11.1 Å². The van der Waals surface area contributed by atoms with Crippen molar-refractivity contribution >= 4 is 6.29 Å². The molecule has 2 rings (SSSR count). The van der Waals surface area contributed by atoms with E-state index in [0.29, 0.717) is 6.61 Å². The third-order valence-corrected chi connectivity index (χ3v) is 2.14. The Morgan fingerprint density at radius 3 is 2.83 bits per heavy atom. The van der Waals surface area contributed by atoms with Crippen LogP contribution in [0.15, 0.2) is 24.3 Å². The summed E-state index contributed by atoms with van der Waals surface area (Å²) in [6, 6.07) is 8.07. The molecule has 0 aliphatic carbocycles. The maximum absolute atomic E-state index is 10.4. The Morgan fingerprint density at radius 1 is 1.33 bits per heavy atom. The van der Waals surface area contributed by atoms with Crippen LogP contribution in [-0.2, 0) is 22.6 Å². The summed E-state index contributed by atoms with van der Waals surface area (Å²) in [5.74, 6) is 0. The Bertz CT molecular complexity index is 294. The first-order chi connectivity index (χ1) is 5.90. The lowest BCUT2D eigenvalue weighted by atomic mass is 10.00. The first-order valence-electron chi connectivity index (χ1n) is 4.04. The van der Waals surface area contributed by atoms with Crippen LogP contribution >= 0.6 is 0 Å². The summed E-state index contributed by atoms with van der Waals surface area (Å²) >= 11 is 0. The molecule has 1 aliphatic rings. The second kappa shape index (κ2) is 3.07. The van der Waals surface area contributed by atoms with Crippen LogP contribution in [0.5, 0.6) is 0 Å². The average Bonchev–Trinajstić information content (AvgIpc) is 2.17. The number of aldehydes is 1. The molecule has 0 bridgehead atoms. The Hall–Kier alpha value is -1.15. The molecule has 0 N–H and O–H groups in total. The fraction of sp³-hybridized carbons (Fsp3) is 0.300. The highest BCUT2D eigenvalue weighted by molar-refractivity contribution is 5.57. The highest BCUT2D eigenvalue weighted by Gasteiger charge is 2.16. The first kappa shape index (κ1) is 7.50. The van der Waals surface area contributed by atoms with Crippen LogP contribution in [0.4, 0.5) is 0 Å². The van der Waals surface area contributed by atoms with Crippen molar-refractivity contribution in [1.82, 2.24) is 0 Å². The van der Waals surface area contributed by atoms with Gasteiger partial charge in [-0.25, -0.2) is 0 Å². The standard InChI is InChI=1S/C10H10O2/c11-6-10-5-8-3-1-2-4-9(8)7-12-10/h1-4,6,10H,5,7H2/t10-/m0/s1. The zero-order chi connectivity index (χ0) is 8.39. The molecule has 0 radical (unpaired) electrons. The molecule has 0 unspecified atom stereocenters. The number of rotatable bonds is 1. The number of carbonyl (C=O) groups is 1. The number of fused-ring (bicyclic) bond motifs is 1. The molecular formula is C10H10O2. The summed E-state index contributed by atoms with van der Waals surface area (Å²) in [5.41, 5.74) is 2.44. The van der Waals surface area contributed by atoms with Gasteiger partial charge in [0, 0.05) is 6.42 Å². The molecule has 2 nitrogen and oxygen atoms in total. The van der Waals surface area contributed by atoms with Gasteiger partial charge in [-0.15, -0.1) is 0 Å². The lowest BCUT2D eigenvalue weighted by molar-refractivity contribution is -0.119. The Balaban J connectivity index is 2.28. The van der Waals surface area contributed by atoms with Gasteiger partial charge in [-0.2, -0.15) is 0 Å². The first-order valence-corrected chi connectivity index (χ1v) is 4.04. The predicted octanol–water partition coefficient (Wildman–Crippen LogP) is 1.33. The number of ether oxygens (including phenoxy) is 1. The molecule has 62 valence electrons. The molecule has 0 saturated heterocycles. The van der Waals surface area contributed by atoms with Crippen LogP contribution in [0.3, 0.4) is 0 Å². The molecule has 0 aromatic heterocycles. The minimum atomic E-state index is -0.236. The van der Waals surface area contributed by atoms with Crippen molar-refractivity contribution < 1.29 is 9.53 Å². The molecule has 1 aliphatic heterocycles. The Kier molecular flexibility index (Phi) is 1.92. The van der Waals surface area contributed by atoms with Crippen LogP contribution in [0.1, 0.15) is 11.1 Å². The zero-order valence-corrected chi connectivity index (χ0v) is 6.69. The van der Waals surface area contributed by atoms with Gasteiger partial charge >= 0.3 is 0 Å². The summed E-state index contributed by atoms with van der Waals surface area (Å²) < 4.78 is 5.29. The largest absolute Gasteiger partial charge is 0.366 e. The van der Waals surface area contributed by atoms with Crippen LogP contribution in [0.2, 0.25) is 0 Å². The molecule has 1 aromatic carbocycles.